The minimum absolute atomic E-state index is 0.0611. The van der Waals surface area contributed by atoms with E-state index in [2.05, 4.69) is 24.9 Å². The molecule has 3 heterocycles. The summed E-state index contributed by atoms with van der Waals surface area (Å²) in [5.41, 5.74) is 4.36. The molecule has 5 aromatic rings. The number of para-hydroxylation sites is 1. The number of methoxy groups -OCH3 is 2. The SMILES string of the molecule is [C-]#[N+]c1cnc2cc(OCCCN3CCN(CCOCCOCCOCCCc4cccc5c4n(C)c(=O)n5C4CCC(=O)CC4=O)CC3)c(OC)cc2c1Nc1cc(OC)c(Cl)cc1Cl. The number of piperazine rings is 1. The Kier molecular flexibility index (Phi) is 17.3. The largest absolute Gasteiger partial charge is 0.495 e. The molecule has 1 aliphatic heterocycles. The Morgan fingerprint density at radius 2 is 1.53 bits per heavy atom. The van der Waals surface area contributed by atoms with Crippen LogP contribution in [-0.4, -0.2) is 135 Å². The van der Waals surface area contributed by atoms with Gasteiger partial charge in [-0.1, -0.05) is 35.3 Å². The molecule has 1 atom stereocenters. The summed E-state index contributed by atoms with van der Waals surface area (Å²) < 4.78 is 37.8. The second kappa shape index (κ2) is 23.5. The van der Waals surface area contributed by atoms with Gasteiger partial charge in [-0.05, 0) is 49.4 Å². The summed E-state index contributed by atoms with van der Waals surface area (Å²) >= 11 is 12.7. The smallest absolute Gasteiger partial charge is 0.329 e. The van der Waals surface area contributed by atoms with Gasteiger partial charge in [0.05, 0.1) is 111 Å². The van der Waals surface area contributed by atoms with E-state index in [1.807, 2.05) is 30.3 Å². The van der Waals surface area contributed by atoms with Crippen LogP contribution in [0.25, 0.3) is 26.8 Å². The van der Waals surface area contributed by atoms with E-state index < -0.39 is 6.04 Å². The number of pyridine rings is 1. The highest BCUT2D eigenvalue weighted by Crippen LogP contribution is 2.43. The van der Waals surface area contributed by atoms with Crippen LogP contribution in [0.5, 0.6) is 17.2 Å². The van der Waals surface area contributed by atoms with Gasteiger partial charge >= 0.3 is 5.69 Å². The number of carbonyl (C=O) groups excluding carboxylic acids is 2. The Bertz CT molecular complexity index is 2600. The molecule has 1 aliphatic carbocycles. The first-order chi connectivity index (χ1) is 32.1. The molecule has 2 aromatic heterocycles. The number of Topliss-reactive ketones (excluding diaryl/α,β-unsaturated/α-hetero) is 2. The summed E-state index contributed by atoms with van der Waals surface area (Å²) in [6.45, 7) is 17.1. The van der Waals surface area contributed by atoms with Crippen LogP contribution in [0.1, 0.15) is 43.7 Å². The fourth-order valence-electron chi connectivity index (χ4n) is 8.56. The predicted molar refractivity (Wildman–Crippen MR) is 255 cm³/mol. The lowest BCUT2D eigenvalue weighted by molar-refractivity contribution is -0.132. The lowest BCUT2D eigenvalue weighted by atomic mass is 9.92. The van der Waals surface area contributed by atoms with E-state index in [-0.39, 0.29) is 23.7 Å². The van der Waals surface area contributed by atoms with E-state index in [9.17, 15) is 14.4 Å². The van der Waals surface area contributed by atoms with Gasteiger partial charge < -0.3 is 38.6 Å². The molecule has 2 aliphatic rings. The summed E-state index contributed by atoms with van der Waals surface area (Å²) in [5, 5.41) is 4.71. The molecule has 352 valence electrons. The van der Waals surface area contributed by atoms with Gasteiger partial charge in [-0.3, -0.25) is 28.6 Å². The van der Waals surface area contributed by atoms with Crippen molar-refractivity contribution in [1.29, 1.82) is 0 Å². The average molecular weight is 947 g/mol. The number of benzene rings is 3. The summed E-state index contributed by atoms with van der Waals surface area (Å²) in [6.07, 6.45) is 4.44. The second-order valence-corrected chi connectivity index (χ2v) is 17.1. The third-order valence-electron chi connectivity index (χ3n) is 12.1. The highest BCUT2D eigenvalue weighted by molar-refractivity contribution is 6.37. The summed E-state index contributed by atoms with van der Waals surface area (Å²) in [5.74, 6) is 1.30. The zero-order valence-electron chi connectivity index (χ0n) is 37.7. The van der Waals surface area contributed by atoms with E-state index in [1.54, 1.807) is 35.4 Å². The Balaban J connectivity index is 0.740. The van der Waals surface area contributed by atoms with Gasteiger partial charge in [0.1, 0.15) is 11.5 Å². The van der Waals surface area contributed by atoms with Crippen LogP contribution in [-0.2, 0) is 37.3 Å². The van der Waals surface area contributed by atoms with E-state index >= 15 is 0 Å². The number of imidazole rings is 1. The van der Waals surface area contributed by atoms with Crippen molar-refractivity contribution in [3.63, 3.8) is 0 Å². The van der Waals surface area contributed by atoms with Gasteiger partial charge in [0.25, 0.3) is 0 Å². The van der Waals surface area contributed by atoms with Gasteiger partial charge in [0.15, 0.2) is 17.3 Å². The zero-order chi connectivity index (χ0) is 46.6. The summed E-state index contributed by atoms with van der Waals surface area (Å²) in [6, 6.07) is 12.1. The Hall–Kier alpha value is -5.25. The van der Waals surface area contributed by atoms with Crippen molar-refractivity contribution in [2.45, 2.75) is 44.6 Å². The number of nitrogens with one attached hydrogen (secondary N) is 1. The molecular weight excluding hydrogens is 889 g/mol. The summed E-state index contributed by atoms with van der Waals surface area (Å²) in [4.78, 5) is 50.7. The van der Waals surface area contributed by atoms with Gasteiger partial charge in [-0.15, -0.1) is 0 Å². The van der Waals surface area contributed by atoms with Gasteiger partial charge in [-0.25, -0.2) is 9.64 Å². The lowest BCUT2D eigenvalue weighted by Crippen LogP contribution is -2.47. The maximum absolute atomic E-state index is 13.2. The van der Waals surface area contributed by atoms with Crippen molar-refractivity contribution < 1.29 is 38.0 Å². The lowest BCUT2D eigenvalue weighted by Gasteiger charge is -2.34. The average Bonchev–Trinajstić information content (AvgIpc) is 3.57. The van der Waals surface area contributed by atoms with Crippen LogP contribution < -0.4 is 25.2 Å². The second-order valence-electron chi connectivity index (χ2n) is 16.3. The van der Waals surface area contributed by atoms with E-state index in [1.165, 1.54) is 13.3 Å². The molecule has 0 amide bonds. The van der Waals surface area contributed by atoms with Crippen molar-refractivity contribution in [1.82, 2.24) is 23.9 Å². The number of nitrogens with zero attached hydrogens (tertiary/aromatic N) is 6. The minimum atomic E-state index is -0.594. The molecule has 3 aromatic carbocycles. The number of hydrogen-bond donors (Lipinski definition) is 1. The third-order valence-corrected chi connectivity index (χ3v) is 12.7. The predicted octanol–water partition coefficient (Wildman–Crippen LogP) is 7.44. The number of rotatable bonds is 23. The maximum Gasteiger partial charge on any atom is 0.329 e. The monoisotopic (exact) mass is 945 g/mol. The topological polar surface area (TPSA) is 152 Å². The number of aromatic nitrogens is 3. The number of ketones is 2. The normalized spacial score (nSPS) is 16.0. The van der Waals surface area contributed by atoms with Crippen molar-refractivity contribution in [3.05, 3.63) is 86.2 Å². The molecule has 0 spiro atoms. The Morgan fingerprint density at radius 1 is 0.818 bits per heavy atom. The number of ether oxygens (including phenoxy) is 6. The zero-order valence-corrected chi connectivity index (χ0v) is 39.3. The van der Waals surface area contributed by atoms with Crippen molar-refractivity contribution in [2.75, 3.05) is 105 Å². The number of carbonyl (C=O) groups is 2. The quantitative estimate of drug-likeness (QED) is 0.0393. The number of halogens is 2. The number of fused-ring (bicyclic) bond motifs is 2. The number of aryl methyl sites for hydroxylation is 2. The van der Waals surface area contributed by atoms with E-state index in [0.717, 1.165) is 75.1 Å². The number of anilines is 2. The van der Waals surface area contributed by atoms with Crippen molar-refractivity contribution in [2.24, 2.45) is 7.05 Å². The van der Waals surface area contributed by atoms with Crippen LogP contribution >= 0.6 is 23.2 Å². The van der Waals surface area contributed by atoms with Crippen molar-refractivity contribution >= 4 is 73.8 Å². The van der Waals surface area contributed by atoms with Crippen LogP contribution in [0.15, 0.2) is 53.5 Å². The molecule has 1 saturated carbocycles. The first kappa shape index (κ1) is 48.7. The molecule has 1 saturated heterocycles. The van der Waals surface area contributed by atoms with Gasteiger partial charge in [0.2, 0.25) is 5.69 Å². The molecular formula is C48H57Cl2N7O9. The highest BCUT2D eigenvalue weighted by Gasteiger charge is 2.32. The Morgan fingerprint density at radius 3 is 2.24 bits per heavy atom. The van der Waals surface area contributed by atoms with Crippen molar-refractivity contribution in [3.8, 4) is 17.2 Å². The molecule has 0 radical (unpaired) electrons. The molecule has 2 fully saturated rings. The molecule has 16 nitrogen and oxygen atoms in total. The van der Waals surface area contributed by atoms with E-state index in [4.69, 9.17) is 58.2 Å². The van der Waals surface area contributed by atoms with Crippen LogP contribution in [0.2, 0.25) is 10.0 Å². The third kappa shape index (κ3) is 11.8. The molecule has 7 rings (SSSR count). The molecule has 66 heavy (non-hydrogen) atoms. The standard InChI is InChI=1S/C48H57Cl2N7O9/c1-51-39-31-52-37-29-45(44(62-4)27-34(37)46(39)53-38-30-43(61-3)36(50)28-35(38)49)66-20-7-13-55-14-16-56(17-15-55)18-21-64-23-25-65-24-22-63-19-6-9-32-8-5-10-41-47(32)54(2)48(60)57(41)40-12-11-33(58)26-42(40)59/h5,8,10,27-31,40H,6-7,9,11-26H2,2-4H3,(H,52,53). The van der Waals surface area contributed by atoms with Crippen LogP contribution in [0.3, 0.4) is 0 Å². The molecule has 1 unspecified atom stereocenters. The maximum atomic E-state index is 13.2. The molecule has 18 heteroatoms. The minimum Gasteiger partial charge on any atom is -0.495 e. The highest BCUT2D eigenvalue weighted by atomic mass is 35.5. The molecule has 1 N–H and O–H groups in total. The van der Waals surface area contributed by atoms with Crippen LogP contribution in [0.4, 0.5) is 17.1 Å². The molecule has 0 bridgehead atoms. The first-order valence-electron chi connectivity index (χ1n) is 22.3. The van der Waals surface area contributed by atoms with E-state index in [0.29, 0.717) is 114 Å². The fraction of sp³-hybridized carbons (Fsp3) is 0.479. The summed E-state index contributed by atoms with van der Waals surface area (Å²) in [7, 11) is 4.84. The Labute approximate surface area is 394 Å². The first-order valence-corrected chi connectivity index (χ1v) is 23.1. The van der Waals surface area contributed by atoms with Gasteiger partial charge in [-0.2, -0.15) is 0 Å². The fourth-order valence-corrected chi connectivity index (χ4v) is 9.06. The number of hydrogen-bond acceptors (Lipinski definition) is 13. The van der Waals surface area contributed by atoms with Gasteiger partial charge in [0, 0.05) is 83.1 Å². The van der Waals surface area contributed by atoms with Crippen LogP contribution in [0, 0.1) is 6.57 Å².